The summed E-state index contributed by atoms with van der Waals surface area (Å²) in [5, 5.41) is 1.03. The van der Waals surface area contributed by atoms with E-state index in [0.717, 1.165) is 34.9 Å². The van der Waals surface area contributed by atoms with Crippen molar-refractivity contribution in [2.45, 2.75) is 32.2 Å². The van der Waals surface area contributed by atoms with Crippen LogP contribution in [0.15, 0.2) is 53.7 Å². The molecule has 6 rings (SSSR count). The van der Waals surface area contributed by atoms with Crippen molar-refractivity contribution >= 4 is 28.6 Å². The number of likely N-dealkylation sites (tertiary alicyclic amines) is 1. The number of carbonyl (C=O) groups excluding carboxylic acids is 2. The summed E-state index contributed by atoms with van der Waals surface area (Å²) >= 11 is 0. The monoisotopic (exact) mass is 458 g/mol. The highest BCUT2D eigenvalue weighted by molar-refractivity contribution is 6.15. The standard InChI is InChI=1S/C27H27FN4O2/c1-27(2)26(34)32(15-16-13-31(14-16)25(33)17-7-8-17)24(30-27)20-10-9-18(11-22(20)28)21-12-29-23-6-4-3-5-19(21)23/h3-6,9-12,16-17,29H,7-8,13-15H2,1-2H3. The van der Waals surface area contributed by atoms with Gasteiger partial charge in [0.25, 0.3) is 5.91 Å². The smallest absolute Gasteiger partial charge is 0.255 e. The minimum Gasteiger partial charge on any atom is -0.361 e. The summed E-state index contributed by atoms with van der Waals surface area (Å²) in [6, 6.07) is 13.0. The Morgan fingerprint density at radius 1 is 1.15 bits per heavy atom. The fourth-order valence-corrected chi connectivity index (χ4v) is 5.06. The SMILES string of the molecule is CC1(C)N=C(c2ccc(-c3c[nH]c4ccccc34)cc2F)N(CC2CN(C(=O)C3CC3)C2)C1=O. The molecule has 0 atom stereocenters. The molecule has 0 bridgehead atoms. The molecular weight excluding hydrogens is 431 g/mol. The molecule has 3 aliphatic rings. The number of rotatable bonds is 5. The Balaban J connectivity index is 1.26. The van der Waals surface area contributed by atoms with Crippen LogP contribution < -0.4 is 0 Å². The van der Waals surface area contributed by atoms with Gasteiger partial charge < -0.3 is 9.88 Å². The van der Waals surface area contributed by atoms with Crippen LogP contribution in [0.2, 0.25) is 0 Å². The topological polar surface area (TPSA) is 68.8 Å². The normalized spacial score (nSPS) is 20.1. The minimum absolute atomic E-state index is 0.130. The van der Waals surface area contributed by atoms with Gasteiger partial charge in [0, 0.05) is 54.1 Å². The number of hydrogen-bond acceptors (Lipinski definition) is 3. The van der Waals surface area contributed by atoms with E-state index in [4.69, 9.17) is 0 Å². The second-order valence-electron chi connectivity index (χ2n) is 10.2. The van der Waals surface area contributed by atoms with Crippen LogP contribution in [0.1, 0.15) is 32.3 Å². The number of para-hydroxylation sites is 1. The third kappa shape index (κ3) is 3.42. The third-order valence-corrected chi connectivity index (χ3v) is 7.16. The molecule has 0 radical (unpaired) electrons. The van der Waals surface area contributed by atoms with Crippen LogP contribution in [0.4, 0.5) is 4.39 Å². The van der Waals surface area contributed by atoms with Gasteiger partial charge in [0.05, 0.1) is 5.56 Å². The van der Waals surface area contributed by atoms with Gasteiger partial charge in [-0.25, -0.2) is 4.39 Å². The maximum atomic E-state index is 15.5. The van der Waals surface area contributed by atoms with Crippen molar-refractivity contribution in [1.82, 2.24) is 14.8 Å². The summed E-state index contributed by atoms with van der Waals surface area (Å²) in [6.45, 7) is 5.26. The average molecular weight is 459 g/mol. The molecule has 2 fully saturated rings. The molecule has 34 heavy (non-hydrogen) atoms. The summed E-state index contributed by atoms with van der Waals surface area (Å²) in [5.74, 6) is 0.460. The van der Waals surface area contributed by atoms with Crippen LogP contribution in [0.5, 0.6) is 0 Å². The van der Waals surface area contributed by atoms with Crippen molar-refractivity contribution in [2.24, 2.45) is 16.8 Å². The second-order valence-corrected chi connectivity index (χ2v) is 10.2. The van der Waals surface area contributed by atoms with Crippen molar-refractivity contribution in [3.05, 3.63) is 60.0 Å². The van der Waals surface area contributed by atoms with Crippen LogP contribution >= 0.6 is 0 Å². The molecule has 0 spiro atoms. The van der Waals surface area contributed by atoms with E-state index < -0.39 is 11.4 Å². The molecule has 2 aromatic carbocycles. The molecular formula is C27H27FN4O2. The van der Waals surface area contributed by atoms with E-state index in [1.807, 2.05) is 41.4 Å². The summed E-state index contributed by atoms with van der Waals surface area (Å²) in [6.07, 6.45) is 3.86. The third-order valence-electron chi connectivity index (χ3n) is 7.16. The van der Waals surface area contributed by atoms with Gasteiger partial charge in [-0.3, -0.25) is 19.5 Å². The van der Waals surface area contributed by atoms with Gasteiger partial charge in [0.2, 0.25) is 5.91 Å². The molecule has 3 heterocycles. The number of amidine groups is 1. The van der Waals surface area contributed by atoms with Crippen LogP contribution in [0.25, 0.3) is 22.0 Å². The number of fused-ring (bicyclic) bond motifs is 1. The molecule has 6 nitrogen and oxygen atoms in total. The second kappa shape index (κ2) is 7.52. The summed E-state index contributed by atoms with van der Waals surface area (Å²) in [4.78, 5) is 36.7. The lowest BCUT2D eigenvalue weighted by Crippen LogP contribution is -2.55. The van der Waals surface area contributed by atoms with Gasteiger partial charge in [0.15, 0.2) is 0 Å². The molecule has 2 aliphatic heterocycles. The molecule has 2 amide bonds. The Labute approximate surface area is 197 Å². The van der Waals surface area contributed by atoms with Crippen molar-refractivity contribution in [2.75, 3.05) is 19.6 Å². The van der Waals surface area contributed by atoms with Gasteiger partial charge >= 0.3 is 0 Å². The quantitative estimate of drug-likeness (QED) is 0.622. The molecule has 1 aromatic heterocycles. The Hall–Kier alpha value is -3.48. The van der Waals surface area contributed by atoms with E-state index in [1.54, 1.807) is 24.8 Å². The van der Waals surface area contributed by atoms with Crippen LogP contribution in [0, 0.1) is 17.7 Å². The highest BCUT2D eigenvalue weighted by Crippen LogP contribution is 2.35. The van der Waals surface area contributed by atoms with E-state index in [1.165, 1.54) is 6.07 Å². The summed E-state index contributed by atoms with van der Waals surface area (Å²) < 4.78 is 15.5. The fraction of sp³-hybridized carbons (Fsp3) is 0.370. The number of halogens is 1. The molecule has 1 N–H and O–H groups in total. The van der Waals surface area contributed by atoms with Gasteiger partial charge in [-0.1, -0.05) is 24.3 Å². The maximum absolute atomic E-state index is 15.5. The van der Waals surface area contributed by atoms with Crippen molar-refractivity contribution in [3.8, 4) is 11.1 Å². The van der Waals surface area contributed by atoms with Crippen LogP contribution in [0.3, 0.4) is 0 Å². The zero-order chi connectivity index (χ0) is 23.6. The largest absolute Gasteiger partial charge is 0.361 e. The van der Waals surface area contributed by atoms with Crippen LogP contribution in [-0.4, -0.2) is 57.6 Å². The molecule has 0 unspecified atom stereocenters. The van der Waals surface area contributed by atoms with E-state index in [9.17, 15) is 9.59 Å². The summed E-state index contributed by atoms with van der Waals surface area (Å²) in [7, 11) is 0. The number of benzene rings is 2. The number of aliphatic imine (C=N–C) groups is 1. The molecule has 1 saturated heterocycles. The van der Waals surface area contributed by atoms with Gasteiger partial charge in [0.1, 0.15) is 17.2 Å². The zero-order valence-electron chi connectivity index (χ0n) is 19.3. The number of aromatic nitrogens is 1. The Morgan fingerprint density at radius 3 is 2.65 bits per heavy atom. The highest BCUT2D eigenvalue weighted by atomic mass is 19.1. The minimum atomic E-state index is -0.940. The predicted molar refractivity (Wildman–Crippen MR) is 129 cm³/mol. The van der Waals surface area contributed by atoms with Gasteiger partial charge in [-0.05, 0) is 50.5 Å². The summed E-state index contributed by atoms with van der Waals surface area (Å²) in [5.41, 5.74) is 2.08. The first kappa shape index (κ1) is 21.1. The first-order valence-electron chi connectivity index (χ1n) is 11.9. The predicted octanol–water partition coefficient (Wildman–Crippen LogP) is 4.21. The number of nitrogens with zero attached hydrogens (tertiary/aromatic N) is 3. The fourth-order valence-electron chi connectivity index (χ4n) is 5.06. The van der Waals surface area contributed by atoms with Crippen molar-refractivity contribution in [3.63, 3.8) is 0 Å². The Morgan fingerprint density at radius 2 is 1.91 bits per heavy atom. The van der Waals surface area contributed by atoms with Gasteiger partial charge in [-0.15, -0.1) is 0 Å². The van der Waals surface area contributed by atoms with Crippen LogP contribution in [-0.2, 0) is 9.59 Å². The van der Waals surface area contributed by atoms with E-state index in [0.29, 0.717) is 31.0 Å². The lowest BCUT2D eigenvalue weighted by Gasteiger charge is -2.41. The van der Waals surface area contributed by atoms with Gasteiger partial charge in [-0.2, -0.15) is 0 Å². The maximum Gasteiger partial charge on any atom is 0.255 e. The number of amides is 2. The van der Waals surface area contributed by atoms with E-state index >= 15 is 4.39 Å². The highest BCUT2D eigenvalue weighted by Gasteiger charge is 2.45. The van der Waals surface area contributed by atoms with E-state index in [-0.39, 0.29) is 23.7 Å². The number of carbonyl (C=O) groups is 2. The number of H-pyrrole nitrogens is 1. The number of aromatic amines is 1. The Kier molecular flexibility index (Phi) is 4.66. The molecule has 1 aliphatic carbocycles. The van der Waals surface area contributed by atoms with E-state index in [2.05, 4.69) is 9.98 Å². The van der Waals surface area contributed by atoms with Crippen molar-refractivity contribution in [1.29, 1.82) is 0 Å². The molecule has 3 aromatic rings. The number of nitrogens with one attached hydrogen (secondary N) is 1. The molecule has 1 saturated carbocycles. The average Bonchev–Trinajstić information content (AvgIpc) is 3.51. The Bertz CT molecular complexity index is 1350. The first-order valence-corrected chi connectivity index (χ1v) is 11.9. The first-order chi connectivity index (χ1) is 16.3. The lowest BCUT2D eigenvalue weighted by atomic mass is 9.97. The lowest BCUT2D eigenvalue weighted by molar-refractivity contribution is -0.140. The molecule has 7 heteroatoms. The van der Waals surface area contributed by atoms with Crippen molar-refractivity contribution < 1.29 is 14.0 Å². The molecule has 174 valence electrons. The zero-order valence-corrected chi connectivity index (χ0v) is 19.3. The number of hydrogen-bond donors (Lipinski definition) is 1.